The van der Waals surface area contributed by atoms with Crippen LogP contribution in [-0.2, 0) is 4.74 Å². The fraction of sp³-hybridized carbons (Fsp3) is 0.300. The van der Waals surface area contributed by atoms with Crippen LogP contribution in [0.1, 0.15) is 18.1 Å². The van der Waals surface area contributed by atoms with Gasteiger partial charge >= 0.3 is 6.09 Å². The molecular formula is C10H10ClFINO2. The summed E-state index contributed by atoms with van der Waals surface area (Å²) in [7, 11) is 0. The highest BCUT2D eigenvalue weighted by Gasteiger charge is 2.19. The van der Waals surface area contributed by atoms with Gasteiger partial charge in [-0.25, -0.2) is 9.18 Å². The number of hydrogen-bond donors (Lipinski definition) is 1. The predicted molar refractivity (Wildman–Crippen MR) is 68.3 cm³/mol. The number of carbonyl (C=O) groups is 1. The normalized spacial score (nSPS) is 12.2. The molecule has 0 radical (unpaired) electrons. The molecule has 0 aliphatic heterocycles. The maximum atomic E-state index is 13.7. The van der Waals surface area contributed by atoms with E-state index in [1.807, 2.05) is 0 Å². The third-order valence-electron chi connectivity index (χ3n) is 1.96. The number of alkyl halides is 1. The summed E-state index contributed by atoms with van der Waals surface area (Å²) in [6.07, 6.45) is -1.12. The molecule has 3 nitrogen and oxygen atoms in total. The van der Waals surface area contributed by atoms with Crippen molar-refractivity contribution in [2.45, 2.75) is 12.5 Å². The van der Waals surface area contributed by atoms with Crippen molar-refractivity contribution in [1.82, 2.24) is 0 Å². The van der Waals surface area contributed by atoms with Crippen LogP contribution in [0.25, 0.3) is 0 Å². The predicted octanol–water partition coefficient (Wildman–Crippen LogP) is 3.44. The average Bonchev–Trinajstić information content (AvgIpc) is 2.21. The van der Waals surface area contributed by atoms with Crippen molar-refractivity contribution in [3.05, 3.63) is 34.6 Å². The van der Waals surface area contributed by atoms with Crippen LogP contribution < -0.4 is 5.73 Å². The Bertz CT molecular complexity index is 389. The molecule has 0 aliphatic rings. The summed E-state index contributed by atoms with van der Waals surface area (Å²) >= 11 is 7.76. The highest BCUT2D eigenvalue weighted by atomic mass is 127. The Labute approximate surface area is 111 Å². The molecule has 0 fully saturated rings. The van der Waals surface area contributed by atoms with E-state index in [0.717, 1.165) is 0 Å². The quantitative estimate of drug-likeness (QED) is 0.663. The molecule has 16 heavy (non-hydrogen) atoms. The van der Waals surface area contributed by atoms with Gasteiger partial charge in [-0.05, 0) is 12.5 Å². The summed E-state index contributed by atoms with van der Waals surface area (Å²) in [6, 6.07) is 4.57. The molecular weight excluding hydrogens is 347 g/mol. The zero-order valence-corrected chi connectivity index (χ0v) is 11.2. The van der Waals surface area contributed by atoms with Gasteiger partial charge in [0.25, 0.3) is 0 Å². The zero-order chi connectivity index (χ0) is 12.1. The molecule has 2 N–H and O–H groups in total. The number of carbonyl (C=O) groups excluding carboxylic acids is 1. The topological polar surface area (TPSA) is 52.3 Å². The van der Waals surface area contributed by atoms with Crippen molar-refractivity contribution in [1.29, 1.82) is 0 Å². The van der Waals surface area contributed by atoms with Gasteiger partial charge in [0.05, 0.1) is 5.02 Å². The van der Waals surface area contributed by atoms with Gasteiger partial charge in [0.2, 0.25) is 0 Å². The number of benzene rings is 1. The molecule has 1 rings (SSSR count). The van der Waals surface area contributed by atoms with Crippen LogP contribution in [0.5, 0.6) is 0 Å². The van der Waals surface area contributed by atoms with Crippen LogP contribution in [0.4, 0.5) is 9.18 Å². The van der Waals surface area contributed by atoms with Crippen LogP contribution in [0.2, 0.25) is 5.02 Å². The molecule has 0 saturated heterocycles. The van der Waals surface area contributed by atoms with Crippen LogP contribution >= 0.6 is 34.2 Å². The maximum Gasteiger partial charge on any atom is 0.405 e. The number of primary amides is 1. The third-order valence-corrected chi connectivity index (χ3v) is 2.87. The summed E-state index contributed by atoms with van der Waals surface area (Å²) in [6.45, 7) is 0. The SMILES string of the molecule is NC(=O)OC(CCI)c1cccc(Cl)c1F. The van der Waals surface area contributed by atoms with E-state index in [1.165, 1.54) is 12.1 Å². The molecule has 6 heteroatoms. The summed E-state index contributed by atoms with van der Waals surface area (Å²) in [5.41, 5.74) is 5.18. The molecule has 0 aromatic heterocycles. The van der Waals surface area contributed by atoms with Gasteiger partial charge in [0, 0.05) is 9.99 Å². The largest absolute Gasteiger partial charge is 0.441 e. The summed E-state index contributed by atoms with van der Waals surface area (Å²) in [5.74, 6) is -0.569. The molecule has 0 heterocycles. The molecule has 1 aromatic carbocycles. The highest BCUT2D eigenvalue weighted by molar-refractivity contribution is 14.1. The van der Waals surface area contributed by atoms with E-state index in [-0.39, 0.29) is 10.6 Å². The van der Waals surface area contributed by atoms with E-state index in [2.05, 4.69) is 22.6 Å². The van der Waals surface area contributed by atoms with Crippen LogP contribution in [0.15, 0.2) is 18.2 Å². The van der Waals surface area contributed by atoms with Crippen molar-refractivity contribution < 1.29 is 13.9 Å². The van der Waals surface area contributed by atoms with Crippen molar-refractivity contribution in [2.24, 2.45) is 5.73 Å². The lowest BCUT2D eigenvalue weighted by Gasteiger charge is -2.16. The minimum absolute atomic E-state index is 0.00373. The van der Waals surface area contributed by atoms with E-state index >= 15 is 0 Å². The van der Waals surface area contributed by atoms with Gasteiger partial charge in [-0.2, -0.15) is 0 Å². The Morgan fingerprint density at radius 1 is 1.62 bits per heavy atom. The van der Waals surface area contributed by atoms with Gasteiger partial charge in [0.15, 0.2) is 0 Å². The number of ether oxygens (including phenoxy) is 1. The first-order chi connectivity index (χ1) is 7.56. The van der Waals surface area contributed by atoms with Gasteiger partial charge in [-0.1, -0.05) is 46.3 Å². The standard InChI is InChI=1S/C10H10ClFINO2/c11-7-3-1-2-6(9(7)12)8(4-5-13)16-10(14)15/h1-3,8H,4-5H2,(H2,14,15). The lowest BCUT2D eigenvalue weighted by molar-refractivity contribution is 0.103. The molecule has 1 aromatic rings. The van der Waals surface area contributed by atoms with Gasteiger partial charge in [0.1, 0.15) is 11.9 Å². The summed E-state index contributed by atoms with van der Waals surface area (Å²) in [5, 5.41) is 0.00373. The molecule has 0 saturated carbocycles. The summed E-state index contributed by atoms with van der Waals surface area (Å²) in [4.78, 5) is 10.7. The first kappa shape index (κ1) is 13.5. The van der Waals surface area contributed by atoms with Crippen molar-refractivity contribution in [2.75, 3.05) is 4.43 Å². The Kier molecular flexibility index (Phi) is 5.27. The van der Waals surface area contributed by atoms with Crippen LogP contribution in [0.3, 0.4) is 0 Å². The van der Waals surface area contributed by atoms with Crippen molar-refractivity contribution >= 4 is 40.3 Å². The van der Waals surface area contributed by atoms with E-state index < -0.39 is 18.0 Å². The van der Waals surface area contributed by atoms with E-state index in [1.54, 1.807) is 6.07 Å². The monoisotopic (exact) mass is 357 g/mol. The van der Waals surface area contributed by atoms with Crippen molar-refractivity contribution in [3.63, 3.8) is 0 Å². The molecule has 1 amide bonds. The molecule has 88 valence electrons. The Hall–Kier alpha value is -0.560. The highest BCUT2D eigenvalue weighted by Crippen LogP contribution is 2.28. The Balaban J connectivity index is 3.00. The molecule has 0 aliphatic carbocycles. The average molecular weight is 358 g/mol. The smallest absolute Gasteiger partial charge is 0.405 e. The lowest BCUT2D eigenvalue weighted by atomic mass is 10.1. The fourth-order valence-corrected chi connectivity index (χ4v) is 2.03. The number of amides is 1. The number of halogens is 3. The first-order valence-electron chi connectivity index (χ1n) is 4.52. The third kappa shape index (κ3) is 3.48. The Morgan fingerprint density at radius 3 is 2.88 bits per heavy atom. The van der Waals surface area contributed by atoms with Crippen molar-refractivity contribution in [3.8, 4) is 0 Å². The maximum absolute atomic E-state index is 13.7. The number of nitrogens with two attached hydrogens (primary N) is 1. The first-order valence-corrected chi connectivity index (χ1v) is 6.42. The van der Waals surface area contributed by atoms with Gasteiger partial charge in [-0.3, -0.25) is 0 Å². The second kappa shape index (κ2) is 6.24. The second-order valence-corrected chi connectivity index (χ2v) is 4.53. The minimum Gasteiger partial charge on any atom is -0.441 e. The fourth-order valence-electron chi connectivity index (χ4n) is 1.29. The molecule has 0 bridgehead atoms. The molecule has 1 unspecified atom stereocenters. The molecule has 0 spiro atoms. The second-order valence-electron chi connectivity index (χ2n) is 3.05. The van der Waals surface area contributed by atoms with E-state index in [0.29, 0.717) is 10.8 Å². The van der Waals surface area contributed by atoms with E-state index in [9.17, 15) is 9.18 Å². The lowest BCUT2D eigenvalue weighted by Crippen LogP contribution is -2.18. The van der Waals surface area contributed by atoms with E-state index in [4.69, 9.17) is 22.1 Å². The summed E-state index contributed by atoms with van der Waals surface area (Å²) < 4.78 is 19.2. The zero-order valence-electron chi connectivity index (χ0n) is 8.25. The molecule has 1 atom stereocenters. The minimum atomic E-state index is -0.922. The van der Waals surface area contributed by atoms with Crippen LogP contribution in [0, 0.1) is 5.82 Å². The van der Waals surface area contributed by atoms with Crippen LogP contribution in [-0.4, -0.2) is 10.5 Å². The Morgan fingerprint density at radius 2 is 2.31 bits per heavy atom. The number of hydrogen-bond acceptors (Lipinski definition) is 2. The van der Waals surface area contributed by atoms with Gasteiger partial charge in [-0.15, -0.1) is 0 Å². The van der Waals surface area contributed by atoms with Gasteiger partial charge < -0.3 is 10.5 Å². The number of rotatable bonds is 4.